The molecule has 0 aromatic heterocycles. The van der Waals surface area contributed by atoms with Gasteiger partial charge in [0.2, 0.25) is 0 Å². The highest BCUT2D eigenvalue weighted by molar-refractivity contribution is 6.33. The molecule has 0 atom stereocenters. The summed E-state index contributed by atoms with van der Waals surface area (Å²) >= 11 is 0. The van der Waals surface area contributed by atoms with Crippen LogP contribution >= 0.6 is 0 Å². The quantitative estimate of drug-likeness (QED) is 0.130. The van der Waals surface area contributed by atoms with Gasteiger partial charge in [0.1, 0.15) is 0 Å². The van der Waals surface area contributed by atoms with Crippen LogP contribution in [0.5, 0.6) is 0 Å². The van der Waals surface area contributed by atoms with E-state index in [0.717, 1.165) is 59.6 Å². The predicted octanol–water partition coefficient (Wildman–Crippen LogP) is 14.8. The van der Waals surface area contributed by atoms with Crippen LogP contribution in [0.4, 0.5) is 0 Å². The molecule has 0 saturated heterocycles. The molecule has 52 heavy (non-hydrogen) atoms. The topological polar surface area (TPSA) is 0 Å². The molecule has 0 aliphatic carbocycles. The molecule has 0 aliphatic heterocycles. The third-order valence-corrected chi connectivity index (χ3v) is 10.6. The van der Waals surface area contributed by atoms with Gasteiger partial charge in [-0.1, -0.05) is 176 Å². The summed E-state index contributed by atoms with van der Waals surface area (Å²) in [5.74, 6) is 0. The van der Waals surface area contributed by atoms with Gasteiger partial charge in [-0.25, -0.2) is 0 Å². The first-order chi connectivity index (χ1) is 29.1. The van der Waals surface area contributed by atoms with E-state index in [0.29, 0.717) is 22.3 Å². The molecule has 0 fully saturated rings. The molecule has 11 rings (SSSR count). The maximum Gasteiger partial charge on any atom is 0.0629 e. The van der Waals surface area contributed by atoms with E-state index in [1.165, 1.54) is 5.39 Å². The van der Waals surface area contributed by atoms with E-state index in [9.17, 15) is 5.48 Å². The fourth-order valence-corrected chi connectivity index (χ4v) is 8.40. The molecule has 0 bridgehead atoms. The van der Waals surface area contributed by atoms with Gasteiger partial charge >= 0.3 is 0 Å². The van der Waals surface area contributed by atoms with Gasteiger partial charge in [0.15, 0.2) is 0 Å². The molecule has 0 amide bonds. The second-order valence-corrected chi connectivity index (χ2v) is 13.4. The first kappa shape index (κ1) is 22.1. The van der Waals surface area contributed by atoms with Crippen molar-refractivity contribution in [2.45, 2.75) is 0 Å². The molecule has 0 N–H and O–H groups in total. The van der Waals surface area contributed by atoms with Crippen LogP contribution in [0.3, 0.4) is 0 Å². The van der Waals surface area contributed by atoms with Crippen molar-refractivity contribution in [1.29, 1.82) is 0 Å². The van der Waals surface area contributed by atoms with Crippen molar-refractivity contribution < 1.29 is 11.0 Å². The highest BCUT2D eigenvalue weighted by atomic mass is 14.2. The van der Waals surface area contributed by atoms with Crippen LogP contribution in [0, 0.1) is 0 Å². The van der Waals surface area contributed by atoms with Gasteiger partial charge in [0.25, 0.3) is 0 Å². The Kier molecular flexibility index (Phi) is 4.85. The third-order valence-electron chi connectivity index (χ3n) is 10.6. The van der Waals surface area contributed by atoms with Crippen molar-refractivity contribution in [2.24, 2.45) is 0 Å². The SMILES string of the molecule is [2H]c1c([2H])c([2H])c2c(-c3ccc4ccccc4c3)c3c([2H])c([2H])c([2H])c([2H])c3c(-c3cccc(-c4cc5c6ccccc6c6ccccc6c5c5ccccc45)c3)c2c1[2H]. The van der Waals surface area contributed by atoms with Gasteiger partial charge in [0.05, 0.1) is 11.0 Å². The second kappa shape index (κ2) is 11.4. The number of rotatable bonds is 3. The van der Waals surface area contributed by atoms with Gasteiger partial charge < -0.3 is 0 Å². The van der Waals surface area contributed by atoms with Crippen molar-refractivity contribution in [3.8, 4) is 33.4 Å². The average molecular weight is 665 g/mol. The Morgan fingerprint density at radius 3 is 1.38 bits per heavy atom. The van der Waals surface area contributed by atoms with Crippen LogP contribution in [-0.4, -0.2) is 0 Å². The Hall–Kier alpha value is -6.76. The predicted molar refractivity (Wildman–Crippen MR) is 225 cm³/mol. The Labute approximate surface area is 313 Å². The molecule has 0 heteroatoms. The number of fused-ring (bicyclic) bond motifs is 11. The minimum absolute atomic E-state index is 0.194. The zero-order valence-corrected chi connectivity index (χ0v) is 27.9. The van der Waals surface area contributed by atoms with Gasteiger partial charge in [-0.15, -0.1) is 0 Å². The van der Waals surface area contributed by atoms with Gasteiger partial charge in [-0.3, -0.25) is 0 Å². The van der Waals surface area contributed by atoms with E-state index in [-0.39, 0.29) is 45.7 Å². The Balaban J connectivity index is 1.29. The summed E-state index contributed by atoms with van der Waals surface area (Å²) < 4.78 is 73.3. The zero-order chi connectivity index (χ0) is 41.1. The smallest absolute Gasteiger partial charge is 0.0616 e. The largest absolute Gasteiger partial charge is 0.0629 e. The van der Waals surface area contributed by atoms with Crippen molar-refractivity contribution in [3.63, 3.8) is 0 Å². The lowest BCUT2D eigenvalue weighted by atomic mass is 9.84. The summed E-state index contributed by atoms with van der Waals surface area (Å²) in [7, 11) is 0. The number of benzene rings is 11. The van der Waals surface area contributed by atoms with Crippen molar-refractivity contribution in [3.05, 3.63) is 194 Å². The first-order valence-corrected chi connectivity index (χ1v) is 17.4. The molecular weight excluding hydrogens is 625 g/mol. The van der Waals surface area contributed by atoms with Crippen LogP contribution in [-0.2, 0) is 0 Å². The lowest BCUT2D eigenvalue weighted by Crippen LogP contribution is -1.92. The molecule has 240 valence electrons. The lowest BCUT2D eigenvalue weighted by Gasteiger charge is -2.19. The maximum atomic E-state index is 9.48. The fourth-order valence-electron chi connectivity index (χ4n) is 8.40. The third kappa shape index (κ3) is 4.28. The lowest BCUT2D eigenvalue weighted by molar-refractivity contribution is 1.64. The van der Waals surface area contributed by atoms with Crippen LogP contribution in [0.25, 0.3) is 109 Å². The minimum atomic E-state index is -0.422. The van der Waals surface area contributed by atoms with Crippen LogP contribution in [0.2, 0.25) is 0 Å². The molecule has 0 radical (unpaired) electrons. The molecule has 11 aromatic carbocycles. The van der Waals surface area contributed by atoms with E-state index >= 15 is 0 Å². The molecule has 0 saturated carbocycles. The van der Waals surface area contributed by atoms with Crippen LogP contribution < -0.4 is 0 Å². The fraction of sp³-hybridized carbons (Fsp3) is 0. The minimum Gasteiger partial charge on any atom is -0.0616 e. The summed E-state index contributed by atoms with van der Waals surface area (Å²) in [6, 6.07) is 46.0. The highest BCUT2D eigenvalue weighted by Gasteiger charge is 2.19. The van der Waals surface area contributed by atoms with E-state index in [1.807, 2.05) is 72.8 Å². The van der Waals surface area contributed by atoms with E-state index in [1.54, 1.807) is 0 Å². The maximum absolute atomic E-state index is 9.48. The number of hydrogen-bond donors (Lipinski definition) is 0. The second-order valence-electron chi connectivity index (χ2n) is 13.4. The van der Waals surface area contributed by atoms with E-state index in [4.69, 9.17) is 5.48 Å². The molecule has 0 nitrogen and oxygen atoms in total. The zero-order valence-electron chi connectivity index (χ0n) is 35.9. The van der Waals surface area contributed by atoms with Crippen LogP contribution in [0.15, 0.2) is 194 Å². The highest BCUT2D eigenvalue weighted by Crippen LogP contribution is 2.46. The Morgan fingerprint density at radius 1 is 0.288 bits per heavy atom. The van der Waals surface area contributed by atoms with Gasteiger partial charge in [-0.05, 0) is 127 Å². The summed E-state index contributed by atoms with van der Waals surface area (Å²) in [4.78, 5) is 0. The first-order valence-electron chi connectivity index (χ1n) is 21.4. The Bertz CT molecular complexity index is 3620. The van der Waals surface area contributed by atoms with E-state index in [2.05, 4.69) is 72.8 Å². The molecule has 0 spiro atoms. The van der Waals surface area contributed by atoms with Crippen molar-refractivity contribution in [1.82, 2.24) is 0 Å². The molecule has 0 unspecified atom stereocenters. The van der Waals surface area contributed by atoms with Crippen molar-refractivity contribution in [2.75, 3.05) is 0 Å². The van der Waals surface area contributed by atoms with Gasteiger partial charge in [-0.2, -0.15) is 0 Å². The number of hydrogen-bond acceptors (Lipinski definition) is 0. The standard InChI is InChI=1S/C52H32/c1-2-15-34-30-37(29-28-33(34)14-1)51-46-26-11-9-24-44(46)50(45-25-10-12-27-47(45)51)36-17-13-16-35(31-36)48-32-49-40-20-4-3-18-38(40)39-19-5-7-22-42(39)52(49)43-23-8-6-21-41(43)48/h1-32H/i9D,10D,11D,12D,24D,25D,26D,27D. The molecular formula is C52H32. The summed E-state index contributed by atoms with van der Waals surface area (Å²) in [5, 5.41) is 11.7. The monoisotopic (exact) mass is 664 g/mol. The normalized spacial score (nSPS) is 14.0. The summed E-state index contributed by atoms with van der Waals surface area (Å²) in [6.07, 6.45) is 0. The van der Waals surface area contributed by atoms with Crippen LogP contribution in [0.1, 0.15) is 11.0 Å². The van der Waals surface area contributed by atoms with E-state index < -0.39 is 24.2 Å². The molecule has 11 aromatic rings. The molecule has 0 heterocycles. The average Bonchev–Trinajstić information content (AvgIpc) is 3.29. The molecule has 0 aliphatic rings. The summed E-state index contributed by atoms with van der Waals surface area (Å²) in [5.41, 5.74) is 3.63. The van der Waals surface area contributed by atoms with Gasteiger partial charge in [0, 0.05) is 0 Å². The Morgan fingerprint density at radius 2 is 0.750 bits per heavy atom. The van der Waals surface area contributed by atoms with Crippen molar-refractivity contribution >= 4 is 75.4 Å². The summed E-state index contributed by atoms with van der Waals surface area (Å²) in [6.45, 7) is 0.